The zero-order valence-corrected chi connectivity index (χ0v) is 13.8. The molecule has 1 aromatic carbocycles. The van der Waals surface area contributed by atoms with E-state index < -0.39 is 0 Å². The molecule has 0 unspecified atom stereocenters. The smallest absolute Gasteiger partial charge is 0.257 e. The van der Waals surface area contributed by atoms with E-state index >= 15 is 0 Å². The topological polar surface area (TPSA) is 45.2 Å². The van der Waals surface area contributed by atoms with E-state index in [0.29, 0.717) is 16.3 Å². The van der Waals surface area contributed by atoms with E-state index in [0.717, 1.165) is 24.3 Å². The number of carbonyl (C=O) groups excluding carboxylic acids is 1. The summed E-state index contributed by atoms with van der Waals surface area (Å²) in [5.74, 6) is -0.188. The molecule has 0 bridgehead atoms. The molecule has 0 saturated heterocycles. The zero-order chi connectivity index (χ0) is 16.1. The molecule has 116 valence electrons. The molecular formula is C17H20ClN3O. The summed E-state index contributed by atoms with van der Waals surface area (Å²) in [5, 5.41) is 3.52. The number of nitrogens with zero attached hydrogens (tertiary/aromatic N) is 2. The lowest BCUT2D eigenvalue weighted by Crippen LogP contribution is -2.22. The predicted octanol–water partition coefficient (Wildman–Crippen LogP) is 4.14. The summed E-state index contributed by atoms with van der Waals surface area (Å²) < 4.78 is 0. The molecular weight excluding hydrogens is 298 g/mol. The fourth-order valence-corrected chi connectivity index (χ4v) is 2.43. The van der Waals surface area contributed by atoms with Crippen LogP contribution in [0.3, 0.4) is 0 Å². The number of benzene rings is 1. The van der Waals surface area contributed by atoms with Gasteiger partial charge in [-0.25, -0.2) is 0 Å². The molecule has 0 spiro atoms. The molecule has 22 heavy (non-hydrogen) atoms. The highest BCUT2D eigenvalue weighted by molar-refractivity contribution is 6.31. The number of hydrogen-bond acceptors (Lipinski definition) is 3. The highest BCUT2D eigenvalue weighted by Crippen LogP contribution is 2.23. The Morgan fingerprint density at radius 3 is 2.68 bits per heavy atom. The first-order valence-electron chi connectivity index (χ1n) is 7.33. The molecule has 1 heterocycles. The van der Waals surface area contributed by atoms with Crippen molar-refractivity contribution < 1.29 is 4.79 Å². The third kappa shape index (κ3) is 3.57. The summed E-state index contributed by atoms with van der Waals surface area (Å²) in [6.45, 7) is 7.77. The van der Waals surface area contributed by atoms with Gasteiger partial charge in [-0.1, -0.05) is 17.7 Å². The van der Waals surface area contributed by atoms with Gasteiger partial charge in [0.15, 0.2) is 0 Å². The lowest BCUT2D eigenvalue weighted by atomic mass is 10.2. The molecule has 0 saturated carbocycles. The van der Waals surface area contributed by atoms with Crippen molar-refractivity contribution >= 4 is 28.9 Å². The third-order valence-corrected chi connectivity index (χ3v) is 4.04. The minimum absolute atomic E-state index is 0.188. The molecule has 0 fully saturated rings. The van der Waals surface area contributed by atoms with Crippen LogP contribution in [-0.2, 0) is 0 Å². The summed E-state index contributed by atoms with van der Waals surface area (Å²) in [7, 11) is 0. The van der Waals surface area contributed by atoms with Gasteiger partial charge in [0, 0.05) is 30.0 Å². The predicted molar refractivity (Wildman–Crippen MR) is 91.9 cm³/mol. The minimum atomic E-state index is -0.188. The summed E-state index contributed by atoms with van der Waals surface area (Å²) in [4.78, 5) is 18.7. The molecule has 0 aliphatic rings. The van der Waals surface area contributed by atoms with Crippen molar-refractivity contribution in [1.82, 2.24) is 4.98 Å². The molecule has 5 heteroatoms. The number of rotatable bonds is 5. The van der Waals surface area contributed by atoms with Crippen molar-refractivity contribution in [3.8, 4) is 0 Å². The lowest BCUT2D eigenvalue weighted by molar-refractivity contribution is 0.102. The Morgan fingerprint density at radius 1 is 1.27 bits per heavy atom. The van der Waals surface area contributed by atoms with Crippen molar-refractivity contribution in [2.75, 3.05) is 23.3 Å². The first kappa shape index (κ1) is 16.3. The van der Waals surface area contributed by atoms with Gasteiger partial charge in [0.2, 0.25) is 0 Å². The van der Waals surface area contributed by atoms with E-state index in [1.54, 1.807) is 18.5 Å². The van der Waals surface area contributed by atoms with Gasteiger partial charge in [0.1, 0.15) is 0 Å². The van der Waals surface area contributed by atoms with Gasteiger partial charge in [-0.05, 0) is 44.5 Å². The minimum Gasteiger partial charge on any atom is -0.371 e. The summed E-state index contributed by atoms with van der Waals surface area (Å²) in [5.41, 5.74) is 3.04. The Hall–Kier alpha value is -2.07. The Kier molecular flexibility index (Phi) is 5.39. The molecule has 0 radical (unpaired) electrons. The van der Waals surface area contributed by atoms with Crippen LogP contribution in [0.2, 0.25) is 5.02 Å². The Bertz CT molecular complexity index is 669. The molecule has 1 amide bonds. The quantitative estimate of drug-likeness (QED) is 0.901. The fourth-order valence-electron chi connectivity index (χ4n) is 2.25. The molecule has 1 aromatic heterocycles. The number of aromatic nitrogens is 1. The van der Waals surface area contributed by atoms with E-state index in [1.807, 2.05) is 25.1 Å². The van der Waals surface area contributed by atoms with Crippen LogP contribution in [0.15, 0.2) is 36.7 Å². The van der Waals surface area contributed by atoms with Crippen molar-refractivity contribution in [3.05, 3.63) is 52.8 Å². The summed E-state index contributed by atoms with van der Waals surface area (Å²) in [6.07, 6.45) is 3.34. The maximum atomic E-state index is 12.4. The van der Waals surface area contributed by atoms with Crippen LogP contribution < -0.4 is 10.2 Å². The first-order valence-corrected chi connectivity index (χ1v) is 7.71. The highest BCUT2D eigenvalue weighted by Gasteiger charge is 2.11. The first-order chi connectivity index (χ1) is 10.6. The van der Waals surface area contributed by atoms with Gasteiger partial charge in [-0.15, -0.1) is 0 Å². The molecule has 2 rings (SSSR count). The van der Waals surface area contributed by atoms with Crippen molar-refractivity contribution in [2.45, 2.75) is 20.8 Å². The van der Waals surface area contributed by atoms with Crippen LogP contribution >= 0.6 is 11.6 Å². The molecule has 4 nitrogen and oxygen atoms in total. The van der Waals surface area contributed by atoms with E-state index in [9.17, 15) is 4.79 Å². The van der Waals surface area contributed by atoms with Gasteiger partial charge in [-0.3, -0.25) is 9.78 Å². The van der Waals surface area contributed by atoms with Gasteiger partial charge < -0.3 is 10.2 Å². The Labute approximate surface area is 136 Å². The second-order valence-electron chi connectivity index (χ2n) is 4.97. The van der Waals surface area contributed by atoms with Crippen LogP contribution in [0, 0.1) is 6.92 Å². The zero-order valence-electron chi connectivity index (χ0n) is 13.1. The Morgan fingerprint density at radius 2 is 2.00 bits per heavy atom. The van der Waals surface area contributed by atoms with E-state index in [4.69, 9.17) is 11.6 Å². The monoisotopic (exact) mass is 317 g/mol. The normalized spacial score (nSPS) is 10.4. The summed E-state index contributed by atoms with van der Waals surface area (Å²) in [6, 6.07) is 7.31. The second-order valence-corrected chi connectivity index (χ2v) is 5.38. The molecule has 1 N–H and O–H groups in total. The number of amides is 1. The number of nitrogens with one attached hydrogen (secondary N) is 1. The van der Waals surface area contributed by atoms with Gasteiger partial charge in [-0.2, -0.15) is 0 Å². The fraction of sp³-hybridized carbons (Fsp3) is 0.294. The average molecular weight is 318 g/mol. The van der Waals surface area contributed by atoms with Crippen LogP contribution in [0.5, 0.6) is 0 Å². The van der Waals surface area contributed by atoms with Crippen molar-refractivity contribution in [1.29, 1.82) is 0 Å². The van der Waals surface area contributed by atoms with Crippen molar-refractivity contribution in [2.24, 2.45) is 0 Å². The largest absolute Gasteiger partial charge is 0.371 e. The van der Waals surface area contributed by atoms with E-state index in [1.165, 1.54) is 0 Å². The number of halogens is 1. The molecule has 2 aromatic rings. The number of hydrogen-bond donors (Lipinski definition) is 1. The molecule has 0 aliphatic carbocycles. The van der Waals surface area contributed by atoms with Crippen LogP contribution in [0.1, 0.15) is 29.8 Å². The average Bonchev–Trinajstić information content (AvgIpc) is 2.53. The number of pyridine rings is 1. The highest BCUT2D eigenvalue weighted by atomic mass is 35.5. The van der Waals surface area contributed by atoms with E-state index in [-0.39, 0.29) is 5.91 Å². The van der Waals surface area contributed by atoms with Gasteiger partial charge in [0.25, 0.3) is 5.91 Å². The summed E-state index contributed by atoms with van der Waals surface area (Å²) >= 11 is 6.08. The van der Waals surface area contributed by atoms with Crippen LogP contribution in [0.25, 0.3) is 0 Å². The molecule has 0 atom stereocenters. The Balaban J connectivity index is 2.23. The third-order valence-electron chi connectivity index (χ3n) is 3.63. The van der Waals surface area contributed by atoms with Crippen molar-refractivity contribution in [3.63, 3.8) is 0 Å². The van der Waals surface area contributed by atoms with Gasteiger partial charge >= 0.3 is 0 Å². The maximum absolute atomic E-state index is 12.4. The SMILES string of the molecule is CCN(CC)c1cncc(C(=O)Nc2cccc(Cl)c2C)c1. The van der Waals surface area contributed by atoms with Crippen LogP contribution in [0.4, 0.5) is 11.4 Å². The van der Waals surface area contributed by atoms with Crippen LogP contribution in [-0.4, -0.2) is 24.0 Å². The second kappa shape index (κ2) is 7.27. The van der Waals surface area contributed by atoms with Gasteiger partial charge in [0.05, 0.1) is 17.4 Å². The lowest BCUT2D eigenvalue weighted by Gasteiger charge is -2.21. The molecule has 0 aliphatic heterocycles. The maximum Gasteiger partial charge on any atom is 0.257 e. The number of carbonyl (C=O) groups is 1. The van der Waals surface area contributed by atoms with E-state index in [2.05, 4.69) is 29.0 Å². The standard InChI is InChI=1S/C17H20ClN3O/c1-4-21(5-2)14-9-13(10-19-11-14)17(22)20-16-8-6-7-15(18)12(16)3/h6-11H,4-5H2,1-3H3,(H,20,22). The number of anilines is 2.